The van der Waals surface area contributed by atoms with Crippen LogP contribution in [0.2, 0.25) is 0 Å². The molecule has 0 bridgehead atoms. The van der Waals surface area contributed by atoms with Crippen molar-refractivity contribution in [3.8, 4) is 22.3 Å². The summed E-state index contributed by atoms with van der Waals surface area (Å²) >= 11 is 24.2. The molecule has 0 unspecified atom stereocenters. The van der Waals surface area contributed by atoms with Crippen LogP contribution in [-0.4, -0.2) is 236 Å². The summed E-state index contributed by atoms with van der Waals surface area (Å²) in [4.78, 5) is 140. The molecule has 132 heavy (non-hydrogen) atoms. The van der Waals surface area contributed by atoms with Crippen LogP contribution < -0.4 is 27.0 Å². The summed E-state index contributed by atoms with van der Waals surface area (Å²) in [5.74, 6) is -2.50. The van der Waals surface area contributed by atoms with E-state index in [1.807, 2.05) is 24.3 Å². The zero-order chi connectivity index (χ0) is 98.6. The second-order valence-electron chi connectivity index (χ2n) is 37.6. The summed E-state index contributed by atoms with van der Waals surface area (Å²) in [7, 11) is 3.26. The summed E-state index contributed by atoms with van der Waals surface area (Å²) < 4.78 is 66.9. The van der Waals surface area contributed by atoms with Crippen LogP contribution in [0.15, 0.2) is 61.2 Å². The number of hydrogen-bond donors (Lipinski definition) is 7. The summed E-state index contributed by atoms with van der Waals surface area (Å²) in [6.07, 6.45) is 4.55. The summed E-state index contributed by atoms with van der Waals surface area (Å²) in [5.41, 5.74) is 9.69. The van der Waals surface area contributed by atoms with Crippen molar-refractivity contribution in [1.29, 1.82) is 0 Å². The van der Waals surface area contributed by atoms with E-state index >= 15 is 0 Å². The van der Waals surface area contributed by atoms with E-state index in [9.17, 15) is 65.5 Å². The number of carbonyl (C=O) groups excluding carboxylic acids is 8. The van der Waals surface area contributed by atoms with Crippen LogP contribution in [-0.2, 0) is 145 Å². The van der Waals surface area contributed by atoms with Crippen LogP contribution in [0, 0.1) is 35.5 Å². The number of carboxylic acid groups (broad SMARTS) is 2. The smallest absolute Gasteiger partial charge is 0.411 e. The Bertz CT molecular complexity index is 4860. The molecule has 4 aliphatic rings. The number of carbonyl (C=O) groups is 10. The Balaban J connectivity index is 0. The average Bonchev–Trinajstić information content (AvgIpc) is 1.62. The Labute approximate surface area is 830 Å². The molecule has 0 aliphatic carbocycles. The van der Waals surface area contributed by atoms with Crippen LogP contribution >= 0.6 is 38.3 Å². The largest absolute Gasteiger partial charge is 0.480 e. The molecule has 2 aromatic carbocycles. The van der Waals surface area contributed by atoms with Crippen LogP contribution in [0.1, 0.15) is 222 Å². The molecule has 46 heteroatoms. The number of rotatable bonds is 19. The molecule has 4 aliphatic heterocycles. The molecule has 8 atom stereocenters. The fourth-order valence-electron chi connectivity index (χ4n) is 12.7. The molecule has 4 saturated heterocycles. The predicted octanol–water partition coefficient (Wildman–Crippen LogP) is 13.4. The van der Waals surface area contributed by atoms with Crippen molar-refractivity contribution < 1.29 is 85.2 Å². The van der Waals surface area contributed by atoms with Gasteiger partial charge >= 0.3 is 24.1 Å². The molecule has 0 spiro atoms. The molecule has 8 heterocycles. The van der Waals surface area contributed by atoms with E-state index in [1.165, 1.54) is 50.8 Å². The third-order valence-corrected chi connectivity index (χ3v) is 21.2. The number of nitrogens with one attached hydrogen (secondary N) is 4. The van der Waals surface area contributed by atoms with Crippen molar-refractivity contribution in [3.05, 3.63) is 84.2 Å². The molecule has 0 saturated carbocycles. The number of fused-ring (bicyclic) bond motifs is 2. The zero-order valence-electron chi connectivity index (χ0n) is 78.9. The number of halogens is 6. The van der Waals surface area contributed by atoms with Gasteiger partial charge in [-0.2, -0.15) is 23.7 Å². The molecule has 0 radical (unpaired) electrons. The number of aromatic nitrogens is 8. The fraction of sp³-hybridized carbons (Fsp3) is 0.628. The number of ketones is 2. The topological polar surface area (TPSA) is 401 Å². The molecular weight excluding hydrogens is 1950 g/mol. The summed E-state index contributed by atoms with van der Waals surface area (Å²) in [5, 5.41) is 38.9. The van der Waals surface area contributed by atoms with Gasteiger partial charge in [0.05, 0.1) is 36.7 Å². The van der Waals surface area contributed by atoms with Crippen molar-refractivity contribution >= 4 is 213 Å². The molecule has 4 fully saturated rings. The number of nitrogens with zero attached hydrogens (tertiary/aromatic N) is 11. The third-order valence-electron chi connectivity index (χ3n) is 19.0. The number of nitrogens with two attached hydrogens (primary N) is 1. The van der Waals surface area contributed by atoms with Gasteiger partial charge in [0.25, 0.3) is 0 Å². The second kappa shape index (κ2) is 59.7. The van der Waals surface area contributed by atoms with Crippen molar-refractivity contribution in [2.75, 3.05) is 52.4 Å². The molecular formula is C86H132Cl2F4N16O14S10. The monoisotopic (exact) mass is 2080 g/mol. The number of benzene rings is 2. The van der Waals surface area contributed by atoms with Gasteiger partial charge in [0.2, 0.25) is 23.6 Å². The predicted molar refractivity (Wildman–Crippen MR) is 541 cm³/mol. The lowest BCUT2D eigenvalue weighted by atomic mass is 9.92. The van der Waals surface area contributed by atoms with Gasteiger partial charge in [-0.25, -0.2) is 51.9 Å². The van der Waals surface area contributed by atoms with Crippen molar-refractivity contribution in [2.45, 2.75) is 277 Å². The van der Waals surface area contributed by atoms with E-state index in [0.717, 1.165) is 68.3 Å². The summed E-state index contributed by atoms with van der Waals surface area (Å²) in [6, 6.07) is 7.75. The highest BCUT2D eigenvalue weighted by Gasteiger charge is 2.44. The minimum Gasteiger partial charge on any atom is -0.480 e. The van der Waals surface area contributed by atoms with Gasteiger partial charge in [-0.05, 0) is 145 Å². The Morgan fingerprint density at radius 2 is 0.818 bits per heavy atom. The van der Waals surface area contributed by atoms with Gasteiger partial charge in [-0.15, -0.1) is 24.8 Å². The highest BCUT2D eigenvalue weighted by molar-refractivity contribution is 8.51. The minimum absolute atomic E-state index is 0. The van der Waals surface area contributed by atoms with Gasteiger partial charge < -0.3 is 51.6 Å². The Kier molecular flexibility index (Phi) is 57.4. The van der Waals surface area contributed by atoms with Crippen LogP contribution in [0.4, 0.5) is 27.2 Å². The number of amides is 6. The van der Waals surface area contributed by atoms with Crippen LogP contribution in [0.3, 0.4) is 0 Å². The number of aryl methyl sites for hydroxylation is 2. The molecule has 6 aromatic rings. The van der Waals surface area contributed by atoms with E-state index in [2.05, 4.69) is 202 Å². The van der Waals surface area contributed by atoms with E-state index in [4.69, 9.17) is 25.4 Å². The number of hydrogen-bond acceptors (Lipinski definition) is 26. The standard InChI is InChI=1S/C27H33FN6O3.C16H29FN2O3.C16H14N4O3.C11H21FN2O.C10H16FNO4.C6H15N.2ClH.S4.S3.S2.H2S/c1-16(35)25-21-10-18(19-12-30-17(2)31-13-19)6-7-22(21)34(32-25)15-24(36)33-14-20(28)11-23(33)26(37)29-9-8-27(3,4)5;1-15(2,3)7-8-18-13(20)12-9-11(17)10-19(12)14(21)22-16(4,5)6;1-9(21)16-13-5-11(12-6-17-10(2)18-7-12)3-4-14(13)20(19-16)8-15(22)23;1-11(2,3)4-5-13-10(15)9-6-8(12)7-14-9;1-10(2,3)16-9(15)12-5-6(11)4-7(12)8(13)14;1-6(2,3)4-5-7;;;1-3-4-2;1-3-2;1-2;/h6-7,10,12-13,20,23H,8-9,11,14-15H2,1-5H3,(H,29,37);11-12H,7-10H2,1-6H3,(H,18,20);3-7H,8H2,1-2H3,(H,22,23);8-9,14H,4-7H2,1-3H3,(H,13,15);6-7H,4-5H2,1-3H3,(H,13,14);4-5,7H2,1-3H3;2*1H;;;;1H2/t20-,23+;11-,12+;;8-,9+;6-,7+;;;;;;;/m11.11......./s1. The molecule has 6 amide bonds. The van der Waals surface area contributed by atoms with Gasteiger partial charge in [-0.1, -0.05) is 95.2 Å². The lowest BCUT2D eigenvalue weighted by Crippen LogP contribution is -2.48. The number of ether oxygens (including phenoxy) is 2. The highest BCUT2D eigenvalue weighted by Crippen LogP contribution is 2.32. The summed E-state index contributed by atoms with van der Waals surface area (Å²) in [6.45, 7) is 43.9. The second-order valence-corrected chi connectivity index (χ2v) is 42.9. The maximum Gasteiger partial charge on any atom is 0.411 e. The van der Waals surface area contributed by atoms with Crippen molar-refractivity contribution in [3.63, 3.8) is 0 Å². The van der Waals surface area contributed by atoms with Crippen molar-refractivity contribution in [1.82, 2.24) is 75.5 Å². The first-order valence-electron chi connectivity index (χ1n) is 41.6. The van der Waals surface area contributed by atoms with Crippen LogP contribution in [0.25, 0.3) is 44.1 Å². The van der Waals surface area contributed by atoms with Gasteiger partial charge in [0.15, 0.2) is 11.6 Å². The molecule has 30 nitrogen and oxygen atoms in total. The maximum absolute atomic E-state index is 14.3. The minimum atomic E-state index is -1.30. The van der Waals surface area contributed by atoms with Gasteiger partial charge in [0.1, 0.15) is 90.1 Å². The Morgan fingerprint density at radius 1 is 0.492 bits per heavy atom. The molecule has 10 rings (SSSR count). The normalized spacial score (nSPS) is 17.7. The van der Waals surface area contributed by atoms with E-state index < -0.39 is 84.0 Å². The first-order valence-corrected chi connectivity index (χ1v) is 49.6. The number of likely N-dealkylation sites (tertiary alicyclic amines) is 3. The lowest BCUT2D eigenvalue weighted by molar-refractivity contribution is -0.142. The Hall–Kier alpha value is -7.21. The number of alkyl halides is 4. The number of aliphatic carboxylic acids is 2. The van der Waals surface area contributed by atoms with Gasteiger partial charge in [0, 0.05) is 206 Å². The fourth-order valence-corrected chi connectivity index (χ4v) is 12.7. The van der Waals surface area contributed by atoms with Crippen molar-refractivity contribution in [2.24, 2.45) is 27.4 Å². The third kappa shape index (κ3) is 47.5. The number of carboxylic acids is 2. The first-order chi connectivity index (χ1) is 59.7. The Morgan fingerprint density at radius 3 is 1.11 bits per heavy atom. The quantitative estimate of drug-likeness (QED) is 0.0292. The van der Waals surface area contributed by atoms with Crippen LogP contribution in [0.5, 0.6) is 0 Å². The van der Waals surface area contributed by atoms with Gasteiger partial charge in [-0.3, -0.25) is 52.7 Å². The maximum atomic E-state index is 14.3. The molecule has 4 aromatic heterocycles. The van der Waals surface area contributed by atoms with E-state index in [0.29, 0.717) is 71.5 Å². The average molecular weight is 2080 g/mol. The first kappa shape index (κ1) is 127. The highest BCUT2D eigenvalue weighted by atomic mass is 35.5. The molecule has 742 valence electrons. The van der Waals surface area contributed by atoms with E-state index in [1.54, 1.807) is 92.3 Å². The number of Topliss-reactive ketones (excluding diaryl/α,β-unsaturated/α-hetero) is 2. The van der Waals surface area contributed by atoms with E-state index in [-0.39, 0.29) is 153 Å². The lowest BCUT2D eigenvalue weighted by Gasteiger charge is -2.28. The molecule has 8 N–H and O–H groups in total. The SMILES string of the molecule is CC(=O)c1nn(CC(=O)N2C[C@H](F)C[C@H]2C(=O)NCCC(C)(C)C)c2ccc(-c3cnc(C)nc3)cc12.CC(=O)c1nn(CC(=O)O)c2ccc(-c3cnc(C)nc3)cc12.CC(C)(C)CCN.CC(C)(C)CCNC(=O)[C@@H]1C[C@@H](F)CN1.CC(C)(C)CCNC(=O)[C@@H]1C[C@@H](F)CN1C(=O)OC(C)(C)C.CC(C)(C)OC(=O)N1C[C@H](F)C[C@H]1C(=O)O.Cl.Cl.S.S=S.S=S=S.S=S=S=S. The zero-order valence-corrected chi connectivity index (χ0v) is 88.9.